The van der Waals surface area contributed by atoms with Crippen LogP contribution in [0.2, 0.25) is 0 Å². The second kappa shape index (κ2) is 6.58. The molecule has 1 aliphatic heterocycles. The van der Waals surface area contributed by atoms with Gasteiger partial charge in [0.1, 0.15) is 0 Å². The molecule has 0 saturated carbocycles. The van der Waals surface area contributed by atoms with E-state index in [4.69, 9.17) is 4.74 Å². The number of hydrogen-bond donors (Lipinski definition) is 1. The van der Waals surface area contributed by atoms with Crippen LogP contribution in [0.15, 0.2) is 54.6 Å². The van der Waals surface area contributed by atoms with E-state index in [1.54, 1.807) is 0 Å². The van der Waals surface area contributed by atoms with Crippen molar-refractivity contribution in [3.8, 4) is 0 Å². The number of nitrogens with one attached hydrogen (secondary N) is 1. The lowest BCUT2D eigenvalue weighted by atomic mass is 9.95. The van der Waals surface area contributed by atoms with Crippen LogP contribution in [0, 0.1) is 0 Å². The molecule has 1 N–H and O–H groups in total. The van der Waals surface area contributed by atoms with Crippen molar-refractivity contribution in [1.29, 1.82) is 0 Å². The highest BCUT2D eigenvalue weighted by Gasteiger charge is 2.19. The number of ether oxygens (including phenoxy) is 1. The highest BCUT2D eigenvalue weighted by Crippen LogP contribution is 2.30. The Morgan fingerprint density at radius 1 is 1.00 bits per heavy atom. The number of rotatable bonds is 5. The summed E-state index contributed by atoms with van der Waals surface area (Å²) in [6, 6.07) is 19.0. The fraction of sp³-hybridized carbons (Fsp3) is 0.333. The quantitative estimate of drug-likeness (QED) is 0.820. The van der Waals surface area contributed by atoms with E-state index in [1.807, 2.05) is 6.07 Å². The third kappa shape index (κ3) is 3.20. The van der Waals surface area contributed by atoms with Crippen LogP contribution in [0.25, 0.3) is 0 Å². The molecule has 0 radical (unpaired) electrons. The van der Waals surface area contributed by atoms with Gasteiger partial charge in [-0.2, -0.15) is 0 Å². The first kappa shape index (κ1) is 13.2. The monoisotopic (exact) mass is 267 g/mol. The molecule has 0 fully saturated rings. The summed E-state index contributed by atoms with van der Waals surface area (Å²) >= 11 is 0. The minimum Gasteiger partial charge on any atom is -0.385 e. The van der Waals surface area contributed by atoms with Crippen LogP contribution in [0.5, 0.6) is 0 Å². The Kier molecular flexibility index (Phi) is 4.34. The third-order valence-corrected chi connectivity index (χ3v) is 3.84. The molecule has 104 valence electrons. The standard InChI is InChI=1S/C18H21NO/c1-2-8-16(9-3-1)19-13-6-11-18-17-10-5-4-7-15(17)12-14-20-18/h1-5,7-10,18-19H,6,11-14H2. The molecular formula is C18H21NO. The van der Waals surface area contributed by atoms with E-state index in [0.717, 1.165) is 32.4 Å². The fourth-order valence-corrected chi connectivity index (χ4v) is 2.79. The summed E-state index contributed by atoms with van der Waals surface area (Å²) in [4.78, 5) is 0. The van der Waals surface area contributed by atoms with Crippen molar-refractivity contribution < 1.29 is 4.74 Å². The smallest absolute Gasteiger partial charge is 0.0828 e. The molecule has 20 heavy (non-hydrogen) atoms. The summed E-state index contributed by atoms with van der Waals surface area (Å²) in [6.07, 6.45) is 3.53. The largest absolute Gasteiger partial charge is 0.385 e. The molecule has 2 heteroatoms. The van der Waals surface area contributed by atoms with Gasteiger partial charge in [0.05, 0.1) is 12.7 Å². The van der Waals surface area contributed by atoms with Gasteiger partial charge in [-0.1, -0.05) is 42.5 Å². The van der Waals surface area contributed by atoms with Crippen molar-refractivity contribution in [2.75, 3.05) is 18.5 Å². The predicted molar refractivity (Wildman–Crippen MR) is 83.0 cm³/mol. The lowest BCUT2D eigenvalue weighted by molar-refractivity contribution is 0.0358. The summed E-state index contributed by atoms with van der Waals surface area (Å²) < 4.78 is 5.93. The van der Waals surface area contributed by atoms with Crippen molar-refractivity contribution in [3.63, 3.8) is 0 Å². The predicted octanol–water partition coefficient (Wildman–Crippen LogP) is 4.19. The van der Waals surface area contributed by atoms with Crippen LogP contribution in [0.1, 0.15) is 30.1 Å². The van der Waals surface area contributed by atoms with Crippen LogP contribution < -0.4 is 5.32 Å². The van der Waals surface area contributed by atoms with Gasteiger partial charge in [-0.05, 0) is 42.5 Å². The van der Waals surface area contributed by atoms with Crippen LogP contribution in [-0.4, -0.2) is 13.2 Å². The molecule has 0 bridgehead atoms. The molecule has 2 nitrogen and oxygen atoms in total. The molecule has 0 aromatic heterocycles. The van der Waals surface area contributed by atoms with Crippen LogP contribution in [-0.2, 0) is 11.2 Å². The Morgan fingerprint density at radius 3 is 2.70 bits per heavy atom. The maximum atomic E-state index is 5.93. The number of anilines is 1. The topological polar surface area (TPSA) is 21.3 Å². The summed E-state index contributed by atoms with van der Waals surface area (Å²) in [5.74, 6) is 0. The third-order valence-electron chi connectivity index (χ3n) is 3.84. The first-order valence-corrected chi connectivity index (χ1v) is 7.42. The molecule has 2 aromatic rings. The summed E-state index contributed by atoms with van der Waals surface area (Å²) in [5.41, 5.74) is 4.04. The lowest BCUT2D eigenvalue weighted by Gasteiger charge is -2.26. The average molecular weight is 267 g/mol. The van der Waals surface area contributed by atoms with Gasteiger partial charge in [-0.15, -0.1) is 0 Å². The zero-order chi connectivity index (χ0) is 13.6. The van der Waals surface area contributed by atoms with Crippen LogP contribution in [0.4, 0.5) is 5.69 Å². The number of fused-ring (bicyclic) bond motifs is 1. The number of para-hydroxylation sites is 1. The van der Waals surface area contributed by atoms with E-state index in [-0.39, 0.29) is 6.10 Å². The van der Waals surface area contributed by atoms with Gasteiger partial charge in [0.15, 0.2) is 0 Å². The first-order valence-electron chi connectivity index (χ1n) is 7.42. The van der Waals surface area contributed by atoms with E-state index >= 15 is 0 Å². The maximum Gasteiger partial charge on any atom is 0.0828 e. The SMILES string of the molecule is c1ccc(NCCCC2OCCc3ccccc32)cc1. The van der Waals surface area contributed by atoms with Gasteiger partial charge in [0.25, 0.3) is 0 Å². The summed E-state index contributed by atoms with van der Waals surface area (Å²) in [5, 5.41) is 3.45. The highest BCUT2D eigenvalue weighted by molar-refractivity contribution is 5.42. The molecule has 1 unspecified atom stereocenters. The molecule has 1 aliphatic rings. The molecule has 1 heterocycles. The zero-order valence-electron chi connectivity index (χ0n) is 11.7. The van der Waals surface area contributed by atoms with Crippen molar-refractivity contribution in [3.05, 3.63) is 65.7 Å². The van der Waals surface area contributed by atoms with Crippen LogP contribution in [0.3, 0.4) is 0 Å². The zero-order valence-corrected chi connectivity index (χ0v) is 11.7. The maximum absolute atomic E-state index is 5.93. The van der Waals surface area contributed by atoms with E-state index in [2.05, 4.69) is 53.8 Å². The Hall–Kier alpha value is -1.80. The van der Waals surface area contributed by atoms with E-state index < -0.39 is 0 Å². The molecule has 0 spiro atoms. The first-order chi connectivity index (χ1) is 9.93. The fourth-order valence-electron chi connectivity index (χ4n) is 2.79. The normalized spacial score (nSPS) is 17.5. The van der Waals surface area contributed by atoms with Crippen molar-refractivity contribution in [2.45, 2.75) is 25.4 Å². The lowest BCUT2D eigenvalue weighted by Crippen LogP contribution is -2.17. The molecular weight excluding hydrogens is 246 g/mol. The summed E-state index contributed by atoms with van der Waals surface area (Å²) in [6.45, 7) is 1.85. The number of hydrogen-bond acceptors (Lipinski definition) is 2. The number of benzene rings is 2. The summed E-state index contributed by atoms with van der Waals surface area (Å²) in [7, 11) is 0. The van der Waals surface area contributed by atoms with Gasteiger partial charge >= 0.3 is 0 Å². The minimum absolute atomic E-state index is 0.275. The molecule has 0 saturated heterocycles. The Labute approximate surface area is 120 Å². The molecule has 0 aliphatic carbocycles. The van der Waals surface area contributed by atoms with Crippen molar-refractivity contribution in [1.82, 2.24) is 0 Å². The van der Waals surface area contributed by atoms with E-state index in [0.29, 0.717) is 0 Å². The Balaban J connectivity index is 1.50. The van der Waals surface area contributed by atoms with Crippen molar-refractivity contribution >= 4 is 5.69 Å². The highest BCUT2D eigenvalue weighted by atomic mass is 16.5. The van der Waals surface area contributed by atoms with E-state index in [9.17, 15) is 0 Å². The van der Waals surface area contributed by atoms with Crippen LogP contribution >= 0.6 is 0 Å². The molecule has 2 aromatic carbocycles. The van der Waals surface area contributed by atoms with E-state index in [1.165, 1.54) is 16.8 Å². The Morgan fingerprint density at radius 2 is 1.80 bits per heavy atom. The molecule has 0 amide bonds. The Bertz CT molecular complexity index is 538. The van der Waals surface area contributed by atoms with Gasteiger partial charge < -0.3 is 10.1 Å². The van der Waals surface area contributed by atoms with Gasteiger partial charge in [0.2, 0.25) is 0 Å². The molecule has 3 rings (SSSR count). The van der Waals surface area contributed by atoms with Gasteiger partial charge in [-0.3, -0.25) is 0 Å². The van der Waals surface area contributed by atoms with Crippen molar-refractivity contribution in [2.24, 2.45) is 0 Å². The van der Waals surface area contributed by atoms with Gasteiger partial charge in [-0.25, -0.2) is 0 Å². The van der Waals surface area contributed by atoms with Gasteiger partial charge in [0, 0.05) is 12.2 Å². The average Bonchev–Trinajstić information content (AvgIpc) is 2.53. The second-order valence-electron chi connectivity index (χ2n) is 5.24. The molecule has 1 atom stereocenters. The minimum atomic E-state index is 0.275. The second-order valence-corrected chi connectivity index (χ2v) is 5.24.